The van der Waals surface area contributed by atoms with Crippen LogP contribution >= 0.6 is 11.8 Å². The fourth-order valence-electron chi connectivity index (χ4n) is 1.68. The average Bonchev–Trinajstić information content (AvgIpc) is 3.09. The van der Waals surface area contributed by atoms with Gasteiger partial charge in [-0.2, -0.15) is 0 Å². The van der Waals surface area contributed by atoms with Crippen molar-refractivity contribution in [2.45, 2.75) is 17.9 Å². The van der Waals surface area contributed by atoms with Gasteiger partial charge in [-0.15, -0.1) is 10.2 Å². The Morgan fingerprint density at radius 3 is 2.79 bits per heavy atom. The molecule has 2 heterocycles. The SMILES string of the molecule is Cc1ccccc1CSc1nnc(-c2ccco2)o1. The molecule has 0 radical (unpaired) electrons. The summed E-state index contributed by atoms with van der Waals surface area (Å²) in [6.07, 6.45) is 1.58. The molecule has 3 rings (SSSR count). The first-order chi connectivity index (χ1) is 9.33. The molecule has 0 aliphatic rings. The number of aryl methyl sites for hydroxylation is 1. The largest absolute Gasteiger partial charge is 0.459 e. The molecule has 19 heavy (non-hydrogen) atoms. The lowest BCUT2D eigenvalue weighted by atomic mass is 10.1. The molecule has 4 nitrogen and oxygen atoms in total. The molecule has 0 amide bonds. The van der Waals surface area contributed by atoms with E-state index in [4.69, 9.17) is 8.83 Å². The summed E-state index contributed by atoms with van der Waals surface area (Å²) in [5.74, 6) is 1.82. The van der Waals surface area contributed by atoms with E-state index in [9.17, 15) is 0 Å². The summed E-state index contributed by atoms with van der Waals surface area (Å²) in [5, 5.41) is 8.52. The zero-order chi connectivity index (χ0) is 13.1. The Hall–Kier alpha value is -2.01. The second kappa shape index (κ2) is 5.32. The summed E-state index contributed by atoms with van der Waals surface area (Å²) in [5.41, 5.74) is 2.53. The Labute approximate surface area is 114 Å². The fraction of sp³-hybridized carbons (Fsp3) is 0.143. The number of hydrogen-bond donors (Lipinski definition) is 0. The van der Waals surface area contributed by atoms with Crippen molar-refractivity contribution < 1.29 is 8.83 Å². The average molecular weight is 272 g/mol. The number of hydrogen-bond acceptors (Lipinski definition) is 5. The predicted molar refractivity (Wildman–Crippen MR) is 72.7 cm³/mol. The summed E-state index contributed by atoms with van der Waals surface area (Å²) < 4.78 is 10.7. The Morgan fingerprint density at radius 1 is 1.11 bits per heavy atom. The van der Waals surface area contributed by atoms with Crippen molar-refractivity contribution in [1.82, 2.24) is 10.2 Å². The van der Waals surface area contributed by atoms with Gasteiger partial charge >= 0.3 is 0 Å². The van der Waals surface area contributed by atoms with Gasteiger partial charge in [0.1, 0.15) is 0 Å². The minimum absolute atomic E-state index is 0.414. The van der Waals surface area contributed by atoms with E-state index in [1.54, 1.807) is 18.4 Å². The van der Waals surface area contributed by atoms with Gasteiger partial charge in [0.05, 0.1) is 6.26 Å². The third kappa shape index (κ3) is 2.71. The number of rotatable bonds is 4. The highest BCUT2D eigenvalue weighted by Gasteiger charge is 2.11. The van der Waals surface area contributed by atoms with Crippen molar-refractivity contribution in [3.63, 3.8) is 0 Å². The molecule has 0 saturated heterocycles. The number of thioether (sulfide) groups is 1. The Kier molecular flexibility index (Phi) is 3.37. The van der Waals surface area contributed by atoms with Crippen molar-refractivity contribution in [2.24, 2.45) is 0 Å². The van der Waals surface area contributed by atoms with Crippen LogP contribution in [0.5, 0.6) is 0 Å². The first-order valence-corrected chi connectivity index (χ1v) is 6.86. The minimum Gasteiger partial charge on any atom is -0.459 e. The quantitative estimate of drug-likeness (QED) is 0.673. The highest BCUT2D eigenvalue weighted by molar-refractivity contribution is 7.98. The monoisotopic (exact) mass is 272 g/mol. The lowest BCUT2D eigenvalue weighted by Crippen LogP contribution is -1.85. The van der Waals surface area contributed by atoms with Crippen LogP contribution in [-0.2, 0) is 5.75 Å². The molecule has 0 unspecified atom stereocenters. The Morgan fingerprint density at radius 2 is 2.00 bits per heavy atom. The standard InChI is InChI=1S/C14H12N2O2S/c1-10-5-2-3-6-11(10)9-19-14-16-15-13(18-14)12-7-4-8-17-12/h2-8H,9H2,1H3. The summed E-state index contributed by atoms with van der Waals surface area (Å²) in [7, 11) is 0. The smallest absolute Gasteiger partial charge is 0.284 e. The molecule has 3 aromatic rings. The second-order valence-electron chi connectivity index (χ2n) is 4.07. The topological polar surface area (TPSA) is 52.1 Å². The third-order valence-electron chi connectivity index (χ3n) is 2.75. The molecule has 0 fully saturated rings. The molecule has 0 aliphatic heterocycles. The van der Waals surface area contributed by atoms with E-state index < -0.39 is 0 Å². The molecule has 0 atom stereocenters. The second-order valence-corrected chi connectivity index (χ2v) is 4.99. The fourth-order valence-corrected chi connectivity index (χ4v) is 2.52. The van der Waals surface area contributed by atoms with E-state index in [0.29, 0.717) is 16.9 Å². The summed E-state index contributed by atoms with van der Waals surface area (Å²) in [4.78, 5) is 0. The van der Waals surface area contributed by atoms with E-state index in [0.717, 1.165) is 5.75 Å². The summed E-state index contributed by atoms with van der Waals surface area (Å²) in [6, 6.07) is 11.9. The molecule has 0 N–H and O–H groups in total. The summed E-state index contributed by atoms with van der Waals surface area (Å²) >= 11 is 1.52. The van der Waals surface area contributed by atoms with Crippen LogP contribution in [0.1, 0.15) is 11.1 Å². The maximum Gasteiger partial charge on any atom is 0.284 e. The number of nitrogens with zero attached hydrogens (tertiary/aromatic N) is 2. The van der Waals surface area contributed by atoms with E-state index in [1.165, 1.54) is 22.9 Å². The Bertz CT molecular complexity index is 662. The van der Waals surface area contributed by atoms with Gasteiger partial charge in [-0.25, -0.2) is 0 Å². The molecule has 2 aromatic heterocycles. The molecule has 5 heteroatoms. The highest BCUT2D eigenvalue weighted by atomic mass is 32.2. The van der Waals surface area contributed by atoms with Crippen LogP contribution in [-0.4, -0.2) is 10.2 Å². The first-order valence-electron chi connectivity index (χ1n) is 5.87. The van der Waals surface area contributed by atoms with Gasteiger partial charge < -0.3 is 8.83 Å². The summed E-state index contributed by atoms with van der Waals surface area (Å²) in [6.45, 7) is 2.10. The normalized spacial score (nSPS) is 10.8. The number of furan rings is 1. The van der Waals surface area contributed by atoms with Gasteiger partial charge in [-0.1, -0.05) is 36.0 Å². The lowest BCUT2D eigenvalue weighted by molar-refractivity contribution is 0.447. The molecular formula is C14H12N2O2S. The van der Waals surface area contributed by atoms with E-state index in [-0.39, 0.29) is 0 Å². The van der Waals surface area contributed by atoms with E-state index in [1.807, 2.05) is 12.1 Å². The van der Waals surface area contributed by atoms with E-state index >= 15 is 0 Å². The van der Waals surface area contributed by atoms with Crippen molar-refractivity contribution >= 4 is 11.8 Å². The van der Waals surface area contributed by atoms with Gasteiger partial charge in [-0.05, 0) is 30.2 Å². The number of aromatic nitrogens is 2. The molecular weight excluding hydrogens is 260 g/mol. The van der Waals surface area contributed by atoms with Crippen LogP contribution in [0.4, 0.5) is 0 Å². The Balaban J connectivity index is 1.70. The van der Waals surface area contributed by atoms with Gasteiger partial charge in [0.25, 0.3) is 11.1 Å². The zero-order valence-electron chi connectivity index (χ0n) is 10.4. The molecule has 0 spiro atoms. The molecule has 0 saturated carbocycles. The van der Waals surface area contributed by atoms with Crippen LogP contribution in [0.15, 0.2) is 56.7 Å². The van der Waals surface area contributed by atoms with Crippen LogP contribution < -0.4 is 0 Å². The van der Waals surface area contributed by atoms with Gasteiger partial charge in [0.2, 0.25) is 0 Å². The van der Waals surface area contributed by atoms with Crippen molar-refractivity contribution in [1.29, 1.82) is 0 Å². The lowest BCUT2D eigenvalue weighted by Gasteiger charge is -2.01. The minimum atomic E-state index is 0.414. The van der Waals surface area contributed by atoms with Gasteiger partial charge in [0, 0.05) is 5.75 Å². The van der Waals surface area contributed by atoms with E-state index in [2.05, 4.69) is 29.3 Å². The van der Waals surface area contributed by atoms with Gasteiger partial charge in [0.15, 0.2) is 5.76 Å². The van der Waals surface area contributed by atoms with Crippen LogP contribution in [0.2, 0.25) is 0 Å². The zero-order valence-corrected chi connectivity index (χ0v) is 11.2. The first kappa shape index (κ1) is 12.0. The predicted octanol–water partition coefficient (Wildman–Crippen LogP) is 3.93. The molecule has 0 aliphatic carbocycles. The number of benzene rings is 1. The van der Waals surface area contributed by atoms with Crippen molar-refractivity contribution in [3.8, 4) is 11.7 Å². The van der Waals surface area contributed by atoms with Crippen molar-refractivity contribution in [3.05, 3.63) is 53.8 Å². The maximum absolute atomic E-state index is 5.54. The van der Waals surface area contributed by atoms with Gasteiger partial charge in [-0.3, -0.25) is 0 Å². The third-order valence-corrected chi connectivity index (χ3v) is 3.62. The molecule has 1 aromatic carbocycles. The molecule has 0 bridgehead atoms. The van der Waals surface area contributed by atoms with Crippen LogP contribution in [0.3, 0.4) is 0 Å². The molecule has 96 valence electrons. The van der Waals surface area contributed by atoms with Crippen LogP contribution in [0, 0.1) is 6.92 Å². The highest BCUT2D eigenvalue weighted by Crippen LogP contribution is 2.26. The maximum atomic E-state index is 5.54. The van der Waals surface area contributed by atoms with Crippen LogP contribution in [0.25, 0.3) is 11.7 Å². The van der Waals surface area contributed by atoms with Crippen molar-refractivity contribution in [2.75, 3.05) is 0 Å².